The summed E-state index contributed by atoms with van der Waals surface area (Å²) >= 11 is 6.69. The molecule has 13 rings (SSSR count). The van der Waals surface area contributed by atoms with Crippen LogP contribution in [0.1, 0.15) is 58.2 Å². The highest BCUT2D eigenvalue weighted by Crippen LogP contribution is 2.09. The van der Waals surface area contributed by atoms with Crippen LogP contribution in [0.3, 0.4) is 0 Å². The molecule has 4 aliphatic heterocycles. The van der Waals surface area contributed by atoms with Gasteiger partial charge in [0.2, 0.25) is 0 Å². The summed E-state index contributed by atoms with van der Waals surface area (Å²) in [6.45, 7) is 6.11. The number of carbonyl (C=O) groups excluding carboxylic acids is 5. The predicted octanol–water partition coefficient (Wildman–Crippen LogP) is 4.33. The number of carbonyl (C=O) groups is 5. The molecule has 13 heterocycles. The zero-order valence-electron chi connectivity index (χ0n) is 44.9. The molecule has 9 aromatic heterocycles. The van der Waals surface area contributed by atoms with Crippen LogP contribution in [0.15, 0.2) is 136 Å². The van der Waals surface area contributed by atoms with E-state index in [0.717, 1.165) is 107 Å². The van der Waals surface area contributed by atoms with Crippen molar-refractivity contribution in [1.29, 1.82) is 5.26 Å². The average molecular weight is 1310 g/mol. The molecule has 0 radical (unpaired) electrons. The van der Waals surface area contributed by atoms with Gasteiger partial charge >= 0.3 is 30.2 Å². The zero-order chi connectivity index (χ0) is 57.3. The van der Waals surface area contributed by atoms with Crippen LogP contribution in [0.2, 0.25) is 0 Å². The summed E-state index contributed by atoms with van der Waals surface area (Å²) in [6.07, 6.45) is 31.1. The van der Waals surface area contributed by atoms with E-state index in [1.165, 1.54) is 50.5 Å². The SMILES string of the molecule is BrCc1cccc(CBr)n1.CC#N.Cl.Cl.NCCc1cnc[nH]1.O=C(n1ccnc1)n1ccnc1.O=C1NCCc2c[n+](Cc3cccc(C[n+]4cc5n(c4)C(=O)NCC5)n3)cn21.O=C1NCCc2cncn21.O=C1NCCc2cncn21. The number of nitriles is 1. The van der Waals surface area contributed by atoms with Crippen LogP contribution in [-0.2, 0) is 55.9 Å². The topological polar surface area (TPSA) is 327 Å². The van der Waals surface area contributed by atoms with Crippen molar-refractivity contribution in [2.75, 3.05) is 32.7 Å². The van der Waals surface area contributed by atoms with Gasteiger partial charge in [-0.3, -0.25) is 23.3 Å². The van der Waals surface area contributed by atoms with Crippen molar-refractivity contribution in [2.45, 2.75) is 62.8 Å². The van der Waals surface area contributed by atoms with Crippen LogP contribution >= 0.6 is 56.7 Å². The molecule has 83 heavy (non-hydrogen) atoms. The lowest BCUT2D eigenvalue weighted by Crippen LogP contribution is -2.37. The molecule has 0 fully saturated rings. The molecule has 0 aromatic carbocycles. The molecule has 31 heteroatoms. The van der Waals surface area contributed by atoms with Gasteiger partial charge in [0, 0.05) is 136 Å². The van der Waals surface area contributed by atoms with Crippen molar-refractivity contribution in [3.8, 4) is 6.07 Å². The molecule has 9 aromatic rings. The lowest BCUT2D eigenvalue weighted by Gasteiger charge is -2.13. The van der Waals surface area contributed by atoms with E-state index in [-0.39, 0.29) is 55.0 Å². The van der Waals surface area contributed by atoms with Gasteiger partial charge < -0.3 is 32.0 Å². The number of fused-ring (bicyclic) bond motifs is 4. The first-order valence-corrected chi connectivity index (χ1v) is 27.6. The first-order valence-electron chi connectivity index (χ1n) is 25.4. The second-order valence-corrected chi connectivity index (χ2v) is 18.7. The quantitative estimate of drug-likeness (QED) is 0.0912. The first kappa shape index (κ1) is 65.1. The number of nitrogens with one attached hydrogen (secondary N) is 5. The summed E-state index contributed by atoms with van der Waals surface area (Å²) < 4.78 is 13.1. The second kappa shape index (κ2) is 33.9. The van der Waals surface area contributed by atoms with E-state index in [0.29, 0.717) is 32.7 Å². The van der Waals surface area contributed by atoms with Gasteiger partial charge in [0.1, 0.15) is 50.8 Å². The van der Waals surface area contributed by atoms with Crippen LogP contribution in [0.5, 0.6) is 0 Å². The first-order chi connectivity index (χ1) is 39.5. The number of halogens is 4. The van der Waals surface area contributed by atoms with E-state index < -0.39 is 0 Å². The molecule has 0 saturated carbocycles. The van der Waals surface area contributed by atoms with E-state index in [1.807, 2.05) is 70.6 Å². The lowest BCUT2D eigenvalue weighted by molar-refractivity contribution is -0.689. The van der Waals surface area contributed by atoms with Crippen molar-refractivity contribution in [3.63, 3.8) is 0 Å². The molecule has 0 spiro atoms. The van der Waals surface area contributed by atoms with Gasteiger partial charge in [0.05, 0.1) is 35.2 Å². The summed E-state index contributed by atoms with van der Waals surface area (Å²) in [4.78, 5) is 88.2. The van der Waals surface area contributed by atoms with E-state index in [2.05, 4.69) is 88.0 Å². The van der Waals surface area contributed by atoms with Crippen LogP contribution in [0.4, 0.5) is 24.0 Å². The molecule has 7 N–H and O–H groups in total. The van der Waals surface area contributed by atoms with E-state index in [1.54, 1.807) is 64.9 Å². The number of nitrogens with zero attached hydrogens (tertiary/aromatic N) is 16. The largest absolute Gasteiger partial charge is 0.413 e. The van der Waals surface area contributed by atoms with Crippen molar-refractivity contribution in [1.82, 2.24) is 88.5 Å². The highest BCUT2D eigenvalue weighted by molar-refractivity contribution is 9.08. The van der Waals surface area contributed by atoms with Crippen molar-refractivity contribution < 1.29 is 33.1 Å². The molecule has 4 aliphatic rings. The van der Waals surface area contributed by atoms with Crippen LogP contribution < -0.4 is 36.1 Å². The van der Waals surface area contributed by atoms with Crippen molar-refractivity contribution >= 4 is 86.8 Å². The minimum atomic E-state index is -0.190. The monoisotopic (exact) mass is 1300 g/mol. The zero-order valence-corrected chi connectivity index (χ0v) is 49.8. The average Bonchev–Trinajstić information content (AvgIpc) is 4.38. The minimum absolute atomic E-state index is 0. The molecule has 436 valence electrons. The number of pyridine rings is 2. The third kappa shape index (κ3) is 19.2. The van der Waals surface area contributed by atoms with Gasteiger partial charge in [0.25, 0.3) is 12.7 Å². The maximum absolute atomic E-state index is 11.9. The normalized spacial score (nSPS) is 12.8. The highest BCUT2D eigenvalue weighted by atomic mass is 79.9. The highest BCUT2D eigenvalue weighted by Gasteiger charge is 2.26. The van der Waals surface area contributed by atoms with Crippen molar-refractivity contribution in [2.24, 2.45) is 5.73 Å². The lowest BCUT2D eigenvalue weighted by atomic mass is 10.3. The van der Waals surface area contributed by atoms with Crippen molar-refractivity contribution in [3.05, 3.63) is 188 Å². The minimum Gasteiger partial charge on any atom is -0.348 e. The number of hydrogen-bond acceptors (Lipinski definition) is 14. The fraction of sp³-hybridized carbons (Fsp3) is 0.288. The molecule has 27 nitrogen and oxygen atoms in total. The van der Waals surface area contributed by atoms with Gasteiger partial charge in [-0.2, -0.15) is 5.26 Å². The third-order valence-electron chi connectivity index (χ3n) is 11.8. The number of amides is 4. The summed E-state index contributed by atoms with van der Waals surface area (Å²) in [7, 11) is 0. The number of aromatic nitrogens is 16. The fourth-order valence-corrected chi connectivity index (χ4v) is 8.68. The van der Waals surface area contributed by atoms with Gasteiger partial charge in [-0.05, 0) is 30.8 Å². The number of imidazole rings is 7. The Hall–Kier alpha value is -8.69. The summed E-state index contributed by atoms with van der Waals surface area (Å²) in [5.41, 5.74) is 14.4. The second-order valence-electron chi connectivity index (χ2n) is 17.6. The van der Waals surface area contributed by atoms with Crippen LogP contribution in [-0.4, -0.2) is 130 Å². The van der Waals surface area contributed by atoms with Gasteiger partial charge in [-0.1, -0.05) is 44.0 Å². The Kier molecular flexibility index (Phi) is 26.6. The molecule has 0 bridgehead atoms. The Labute approximate surface area is 505 Å². The van der Waals surface area contributed by atoms with Crippen LogP contribution in [0, 0.1) is 11.3 Å². The van der Waals surface area contributed by atoms with Gasteiger partial charge in [-0.15, -0.1) is 33.9 Å². The van der Waals surface area contributed by atoms with Gasteiger partial charge in [0.15, 0.2) is 11.4 Å². The Balaban J connectivity index is 0.000000194. The molecule has 4 amide bonds. The van der Waals surface area contributed by atoms with E-state index >= 15 is 0 Å². The maximum atomic E-state index is 11.9. The number of hydrogen-bond donors (Lipinski definition) is 6. The number of aromatic amines is 1. The smallest absolute Gasteiger partial charge is 0.348 e. The number of H-pyrrole nitrogens is 1. The number of alkyl halides is 2. The Morgan fingerprint density at radius 1 is 0.602 bits per heavy atom. The molecule has 0 aliphatic carbocycles. The Bertz CT molecular complexity index is 3310. The molecule has 0 saturated heterocycles. The fourth-order valence-electron chi connectivity index (χ4n) is 8.05. The van der Waals surface area contributed by atoms with E-state index in [4.69, 9.17) is 16.0 Å². The number of rotatable bonds is 8. The van der Waals surface area contributed by atoms with E-state index in [9.17, 15) is 24.0 Å². The summed E-state index contributed by atoms with van der Waals surface area (Å²) in [6, 6.07) is 13.2. The Morgan fingerprint density at radius 3 is 1.37 bits per heavy atom. The predicted molar refractivity (Wildman–Crippen MR) is 313 cm³/mol. The summed E-state index contributed by atoms with van der Waals surface area (Å²) in [5, 5.41) is 20.1. The van der Waals surface area contributed by atoms with Gasteiger partial charge in [-0.25, -0.2) is 63.0 Å². The third-order valence-corrected chi connectivity index (χ3v) is 13.0. The Morgan fingerprint density at radius 2 is 1.01 bits per heavy atom. The molecular formula is C52H62Br2Cl2N22O5+2. The summed E-state index contributed by atoms with van der Waals surface area (Å²) in [5.74, 6) is 0. The number of nitrogens with two attached hydrogens (primary N) is 1. The molecule has 0 unspecified atom stereocenters. The molecular weight excluding hydrogens is 1240 g/mol. The molecule has 0 atom stereocenters. The standard InChI is InChI=1S/C19H19N7O2.C7H7Br2N.C7H6N4O.2C6H7N3O.C5H9N3.C2H3N.2ClH/c27-18-20-6-4-16-10-23(12-25(16)18)8-14-2-1-3-15(22-14)9-24-11-17-5-7-21-19(28)26(17)13-24;8-4-6-2-1-3-7(5-9)10-6;12-7(10-3-1-8-5-10)11-4-2-9-6-11;2*10-6-8-2-1-5-3-7-4-9(5)6;6-2-1-5-3-7-4-8-5;1-2-3;;/h1-3,10-13H,4-9H2;1-3H,4-5H2;1-6H;2*3-4H,1-2H2,(H,8,10);3-4H,1-2,6H2,(H,7,8);1H3;2*1H/p+2. The maximum Gasteiger partial charge on any atom is 0.413 e. The van der Waals surface area contributed by atoms with Crippen LogP contribution in [0.25, 0.3) is 0 Å².